The topological polar surface area (TPSA) is 81.9 Å². The van der Waals surface area contributed by atoms with Crippen LogP contribution in [0.25, 0.3) is 5.82 Å². The van der Waals surface area contributed by atoms with Crippen LogP contribution in [-0.2, 0) is 4.79 Å². The van der Waals surface area contributed by atoms with Crippen molar-refractivity contribution >= 4 is 11.6 Å². The number of anilines is 1. The molecule has 0 spiro atoms. The first-order chi connectivity index (χ1) is 13.1. The molecule has 0 saturated heterocycles. The maximum absolute atomic E-state index is 12.8. The Morgan fingerprint density at radius 1 is 1.22 bits per heavy atom. The lowest BCUT2D eigenvalue weighted by Gasteiger charge is -2.21. The number of nitrogens with one attached hydrogen (secondary N) is 1. The third-order valence-electron chi connectivity index (χ3n) is 4.15. The summed E-state index contributed by atoms with van der Waals surface area (Å²) in [5, 5.41) is 6.98. The highest BCUT2D eigenvalue weighted by atomic mass is 16.5. The van der Waals surface area contributed by atoms with Crippen LogP contribution in [0.15, 0.2) is 55.2 Å². The summed E-state index contributed by atoms with van der Waals surface area (Å²) in [6, 6.07) is 11.3. The summed E-state index contributed by atoms with van der Waals surface area (Å²) in [7, 11) is 0. The molecule has 1 amide bonds. The molecule has 1 N–H and O–H groups in total. The highest BCUT2D eigenvalue weighted by molar-refractivity contribution is 5.95. The van der Waals surface area contributed by atoms with Crippen molar-refractivity contribution in [2.45, 2.75) is 39.2 Å². The number of hydrogen-bond donors (Lipinski definition) is 1. The van der Waals surface area contributed by atoms with Crippen LogP contribution < -0.4 is 10.1 Å². The van der Waals surface area contributed by atoms with Crippen molar-refractivity contribution in [3.63, 3.8) is 0 Å². The molecule has 3 aromatic rings. The molecule has 3 rings (SSSR count). The minimum Gasteiger partial charge on any atom is -0.480 e. The number of hydrogen-bond acceptors (Lipinski definition) is 5. The summed E-state index contributed by atoms with van der Waals surface area (Å²) in [6.07, 6.45) is 4.51. The quantitative estimate of drug-likeness (QED) is 0.692. The van der Waals surface area contributed by atoms with E-state index >= 15 is 0 Å². The lowest BCUT2D eigenvalue weighted by Crippen LogP contribution is -2.33. The largest absolute Gasteiger partial charge is 0.480 e. The number of benzene rings is 1. The molecule has 1 aromatic carbocycles. The van der Waals surface area contributed by atoms with Crippen molar-refractivity contribution in [1.82, 2.24) is 19.7 Å². The lowest BCUT2D eigenvalue weighted by atomic mass is 10.0. The van der Waals surface area contributed by atoms with E-state index in [4.69, 9.17) is 4.74 Å². The summed E-state index contributed by atoms with van der Waals surface area (Å²) >= 11 is 0. The molecule has 2 aromatic heterocycles. The van der Waals surface area contributed by atoms with Gasteiger partial charge >= 0.3 is 0 Å². The summed E-state index contributed by atoms with van der Waals surface area (Å²) in [6.45, 7) is 6.12. The average Bonchev–Trinajstić information content (AvgIpc) is 3.21. The molecule has 0 fully saturated rings. The van der Waals surface area contributed by atoms with E-state index in [2.05, 4.69) is 34.2 Å². The fourth-order valence-electron chi connectivity index (χ4n) is 2.75. The Kier molecular flexibility index (Phi) is 5.80. The van der Waals surface area contributed by atoms with Crippen molar-refractivity contribution in [3.05, 3.63) is 60.8 Å². The molecule has 7 nitrogen and oxygen atoms in total. The molecular formula is C20H23N5O2. The fourth-order valence-corrected chi connectivity index (χ4v) is 2.75. The van der Waals surface area contributed by atoms with Crippen LogP contribution in [0.5, 0.6) is 5.75 Å². The number of ether oxygens (including phenoxy) is 1. The van der Waals surface area contributed by atoms with Crippen molar-refractivity contribution in [2.24, 2.45) is 0 Å². The molecule has 1 atom stereocenters. The van der Waals surface area contributed by atoms with Gasteiger partial charge in [-0.2, -0.15) is 5.10 Å². The van der Waals surface area contributed by atoms with Gasteiger partial charge in [-0.15, -0.1) is 0 Å². The number of carbonyl (C=O) groups excluding carboxylic acids is 1. The Labute approximate surface area is 158 Å². The van der Waals surface area contributed by atoms with Crippen molar-refractivity contribution in [3.8, 4) is 11.6 Å². The molecule has 0 unspecified atom stereocenters. The van der Waals surface area contributed by atoms with Gasteiger partial charge < -0.3 is 10.1 Å². The molecule has 0 saturated carbocycles. The van der Waals surface area contributed by atoms with Crippen LogP contribution in [0, 0.1) is 0 Å². The first-order valence-electron chi connectivity index (χ1n) is 8.96. The van der Waals surface area contributed by atoms with E-state index < -0.39 is 6.10 Å². The molecule has 0 bridgehead atoms. The van der Waals surface area contributed by atoms with Crippen molar-refractivity contribution < 1.29 is 9.53 Å². The van der Waals surface area contributed by atoms with Gasteiger partial charge in [0.25, 0.3) is 5.91 Å². The van der Waals surface area contributed by atoms with Gasteiger partial charge in [-0.25, -0.2) is 14.6 Å². The van der Waals surface area contributed by atoms with E-state index in [0.29, 0.717) is 23.8 Å². The standard InChI is InChI=1S/C20H23N5O2/c1-4-17(27-18-10-6-5-8-15(18)14(2)3)20(26)24-16-9-7-11-22-19(16)25-13-21-12-23-25/h5-14,17H,4H2,1-3H3,(H,24,26)/t17-/m0/s1. The maximum atomic E-state index is 12.8. The monoisotopic (exact) mass is 365 g/mol. The lowest BCUT2D eigenvalue weighted by molar-refractivity contribution is -0.122. The Bertz CT molecular complexity index is 893. The van der Waals surface area contributed by atoms with E-state index in [1.807, 2.05) is 31.2 Å². The molecule has 7 heteroatoms. The number of pyridine rings is 1. The van der Waals surface area contributed by atoms with Gasteiger partial charge in [0.2, 0.25) is 0 Å². The van der Waals surface area contributed by atoms with Gasteiger partial charge in [0.05, 0.1) is 5.69 Å². The second kappa shape index (κ2) is 8.44. The summed E-state index contributed by atoms with van der Waals surface area (Å²) in [4.78, 5) is 21.1. The van der Waals surface area contributed by atoms with Crippen LogP contribution in [0.4, 0.5) is 5.69 Å². The molecule has 0 aliphatic carbocycles. The van der Waals surface area contributed by atoms with Gasteiger partial charge in [0, 0.05) is 6.20 Å². The smallest absolute Gasteiger partial charge is 0.265 e. The minimum atomic E-state index is -0.617. The number of nitrogens with zero attached hydrogens (tertiary/aromatic N) is 4. The van der Waals surface area contributed by atoms with Gasteiger partial charge in [-0.05, 0) is 36.1 Å². The highest BCUT2D eigenvalue weighted by Crippen LogP contribution is 2.27. The Hall–Kier alpha value is -3.22. The second-order valence-corrected chi connectivity index (χ2v) is 6.41. The molecule has 0 radical (unpaired) electrons. The molecule has 0 aliphatic heterocycles. The Morgan fingerprint density at radius 3 is 2.74 bits per heavy atom. The zero-order valence-electron chi connectivity index (χ0n) is 15.7. The minimum absolute atomic E-state index is 0.231. The number of carbonyl (C=O) groups is 1. The number of rotatable bonds is 7. The predicted molar refractivity (Wildman–Crippen MR) is 103 cm³/mol. The first-order valence-corrected chi connectivity index (χ1v) is 8.96. The van der Waals surface area contributed by atoms with E-state index in [1.165, 1.54) is 17.3 Å². The van der Waals surface area contributed by atoms with Crippen LogP contribution in [0.3, 0.4) is 0 Å². The first kappa shape index (κ1) is 18.6. The zero-order chi connectivity index (χ0) is 19.2. The second-order valence-electron chi connectivity index (χ2n) is 6.41. The van der Waals surface area contributed by atoms with Gasteiger partial charge in [-0.3, -0.25) is 4.79 Å². The Balaban J connectivity index is 1.80. The number of para-hydroxylation sites is 1. The summed E-state index contributed by atoms with van der Waals surface area (Å²) in [5.41, 5.74) is 1.63. The normalized spacial score (nSPS) is 12.0. The highest BCUT2D eigenvalue weighted by Gasteiger charge is 2.22. The van der Waals surface area contributed by atoms with E-state index in [1.54, 1.807) is 18.3 Å². The molecule has 2 heterocycles. The average molecular weight is 365 g/mol. The van der Waals surface area contributed by atoms with Crippen LogP contribution in [-0.4, -0.2) is 31.8 Å². The molecule has 140 valence electrons. The maximum Gasteiger partial charge on any atom is 0.265 e. The van der Waals surface area contributed by atoms with Crippen LogP contribution in [0.1, 0.15) is 38.7 Å². The van der Waals surface area contributed by atoms with Gasteiger partial charge in [0.15, 0.2) is 11.9 Å². The fraction of sp³-hybridized carbons (Fsp3) is 0.300. The molecule has 27 heavy (non-hydrogen) atoms. The van der Waals surface area contributed by atoms with Gasteiger partial charge in [-0.1, -0.05) is 39.0 Å². The van der Waals surface area contributed by atoms with E-state index in [9.17, 15) is 4.79 Å². The van der Waals surface area contributed by atoms with Crippen molar-refractivity contribution in [1.29, 1.82) is 0 Å². The van der Waals surface area contributed by atoms with Crippen LogP contribution in [0.2, 0.25) is 0 Å². The SMILES string of the molecule is CC[C@H](Oc1ccccc1C(C)C)C(=O)Nc1cccnc1-n1cncn1. The molecule has 0 aliphatic rings. The number of amides is 1. The predicted octanol–water partition coefficient (Wildman–Crippen LogP) is 3.58. The third-order valence-corrected chi connectivity index (χ3v) is 4.15. The van der Waals surface area contributed by atoms with E-state index in [-0.39, 0.29) is 5.91 Å². The Morgan fingerprint density at radius 2 is 2.04 bits per heavy atom. The zero-order valence-corrected chi connectivity index (χ0v) is 15.7. The summed E-state index contributed by atoms with van der Waals surface area (Å²) < 4.78 is 7.56. The third kappa shape index (κ3) is 4.31. The van der Waals surface area contributed by atoms with Gasteiger partial charge in [0.1, 0.15) is 18.4 Å². The van der Waals surface area contributed by atoms with E-state index in [0.717, 1.165) is 11.3 Å². The summed E-state index contributed by atoms with van der Waals surface area (Å²) in [5.74, 6) is 1.31. The number of aromatic nitrogens is 4. The van der Waals surface area contributed by atoms with Crippen molar-refractivity contribution in [2.75, 3.05) is 5.32 Å². The van der Waals surface area contributed by atoms with Crippen LogP contribution >= 0.6 is 0 Å². The molecular weight excluding hydrogens is 342 g/mol.